The van der Waals surface area contributed by atoms with Crippen LogP contribution in [0.4, 0.5) is 0 Å². The first-order valence-corrected chi connectivity index (χ1v) is 9.60. The number of para-hydroxylation sites is 1. The summed E-state index contributed by atoms with van der Waals surface area (Å²) in [5.74, 6) is -0.679. The van der Waals surface area contributed by atoms with Gasteiger partial charge in [0.15, 0.2) is 5.70 Å². The molecule has 0 saturated heterocycles. The Morgan fingerprint density at radius 1 is 0.900 bits per heavy atom. The maximum atomic E-state index is 12.4. The van der Waals surface area contributed by atoms with Crippen molar-refractivity contribution in [1.82, 2.24) is 0 Å². The molecule has 0 spiro atoms. The minimum absolute atomic E-state index is 0.0925. The molecule has 5 nitrogen and oxygen atoms in total. The molecule has 1 aliphatic rings. The Labute approximate surface area is 182 Å². The van der Waals surface area contributed by atoms with Gasteiger partial charge >= 0.3 is 11.9 Å². The summed E-state index contributed by atoms with van der Waals surface area (Å²) < 4.78 is 10.8. The van der Waals surface area contributed by atoms with Gasteiger partial charge in [-0.25, -0.2) is 14.6 Å². The van der Waals surface area contributed by atoms with Crippen molar-refractivity contribution in [3.63, 3.8) is 0 Å². The molecule has 30 heavy (non-hydrogen) atoms. The van der Waals surface area contributed by atoms with Crippen molar-refractivity contribution < 1.29 is 19.1 Å². The van der Waals surface area contributed by atoms with E-state index in [0.717, 1.165) is 0 Å². The van der Waals surface area contributed by atoms with Gasteiger partial charge in [-0.05, 0) is 60.7 Å². The lowest BCUT2D eigenvalue weighted by Crippen LogP contribution is -2.09. The fourth-order valence-corrected chi connectivity index (χ4v) is 2.96. The van der Waals surface area contributed by atoms with E-state index in [9.17, 15) is 9.59 Å². The minimum atomic E-state index is -0.598. The first-order valence-electron chi connectivity index (χ1n) is 8.85. The number of benzene rings is 3. The van der Waals surface area contributed by atoms with E-state index in [1.807, 2.05) is 0 Å². The lowest BCUT2D eigenvalue weighted by atomic mass is 10.1. The van der Waals surface area contributed by atoms with Crippen LogP contribution in [-0.2, 0) is 9.53 Å². The van der Waals surface area contributed by atoms with Gasteiger partial charge in [-0.2, -0.15) is 0 Å². The van der Waals surface area contributed by atoms with Gasteiger partial charge in [0.2, 0.25) is 5.90 Å². The monoisotopic (exact) mass is 437 g/mol. The predicted octanol–water partition coefficient (Wildman–Crippen LogP) is 5.56. The number of esters is 2. The van der Waals surface area contributed by atoms with Crippen LogP contribution in [0.1, 0.15) is 21.5 Å². The van der Waals surface area contributed by atoms with Gasteiger partial charge in [-0.15, -0.1) is 0 Å². The Hall–Kier alpha value is -3.41. The van der Waals surface area contributed by atoms with E-state index >= 15 is 0 Å². The van der Waals surface area contributed by atoms with Gasteiger partial charge in [-0.1, -0.05) is 41.4 Å². The predicted molar refractivity (Wildman–Crippen MR) is 115 cm³/mol. The average molecular weight is 438 g/mol. The normalized spacial score (nSPS) is 14.4. The highest BCUT2D eigenvalue weighted by atomic mass is 35.5. The second kappa shape index (κ2) is 8.53. The summed E-state index contributed by atoms with van der Waals surface area (Å²) >= 11 is 11.7. The number of ether oxygens (including phenoxy) is 2. The molecule has 0 saturated carbocycles. The molecule has 0 radical (unpaired) electrons. The number of carbonyl (C=O) groups excluding carboxylic acids is 2. The molecule has 0 fully saturated rings. The van der Waals surface area contributed by atoms with Crippen LogP contribution in [-0.4, -0.2) is 17.8 Å². The molecular formula is C23H13Cl2NO4. The molecule has 3 aromatic rings. The summed E-state index contributed by atoms with van der Waals surface area (Å²) in [6.07, 6.45) is 1.51. The van der Waals surface area contributed by atoms with Gasteiger partial charge < -0.3 is 9.47 Å². The third-order valence-corrected chi connectivity index (χ3v) is 4.71. The number of rotatable bonds is 4. The summed E-state index contributed by atoms with van der Waals surface area (Å²) in [6, 6.07) is 20.0. The van der Waals surface area contributed by atoms with Gasteiger partial charge in [0, 0.05) is 21.2 Å². The quantitative estimate of drug-likeness (QED) is 0.304. The van der Waals surface area contributed by atoms with E-state index in [4.69, 9.17) is 32.7 Å². The molecule has 0 amide bonds. The Kier molecular flexibility index (Phi) is 5.65. The SMILES string of the molecule is O=C1OC(c2ccc(Cl)cc2)=N/C1=C\c1ccccc1OC(=O)c1ccc(Cl)cc1. The van der Waals surface area contributed by atoms with Crippen LogP contribution < -0.4 is 4.74 Å². The molecule has 1 heterocycles. The number of carbonyl (C=O) groups is 2. The first kappa shape index (κ1) is 19.9. The number of hydrogen-bond acceptors (Lipinski definition) is 5. The van der Waals surface area contributed by atoms with E-state index in [0.29, 0.717) is 26.7 Å². The lowest BCUT2D eigenvalue weighted by Gasteiger charge is -2.07. The Morgan fingerprint density at radius 3 is 2.23 bits per heavy atom. The molecule has 0 atom stereocenters. The molecule has 1 aliphatic heterocycles. The van der Waals surface area contributed by atoms with Gasteiger partial charge in [0.25, 0.3) is 0 Å². The molecule has 148 valence electrons. The molecule has 0 N–H and O–H groups in total. The van der Waals surface area contributed by atoms with Gasteiger partial charge in [-0.3, -0.25) is 0 Å². The Morgan fingerprint density at radius 2 is 1.53 bits per heavy atom. The first-order chi connectivity index (χ1) is 14.5. The van der Waals surface area contributed by atoms with E-state index in [1.54, 1.807) is 72.8 Å². The smallest absolute Gasteiger partial charge is 0.363 e. The van der Waals surface area contributed by atoms with Crippen molar-refractivity contribution in [1.29, 1.82) is 0 Å². The van der Waals surface area contributed by atoms with Crippen molar-refractivity contribution in [2.45, 2.75) is 0 Å². The zero-order valence-electron chi connectivity index (χ0n) is 15.3. The highest BCUT2D eigenvalue weighted by Gasteiger charge is 2.24. The van der Waals surface area contributed by atoms with Gasteiger partial charge in [0.1, 0.15) is 5.75 Å². The average Bonchev–Trinajstić information content (AvgIpc) is 3.10. The largest absolute Gasteiger partial charge is 0.422 e. The van der Waals surface area contributed by atoms with E-state index < -0.39 is 11.9 Å². The number of cyclic esters (lactones) is 1. The maximum Gasteiger partial charge on any atom is 0.363 e. The molecule has 0 bridgehead atoms. The standard InChI is InChI=1S/C23H13Cl2NO4/c24-17-9-5-14(6-10-17)21-26-19(23(28)30-21)13-16-3-1-2-4-20(16)29-22(27)15-7-11-18(25)12-8-15/h1-13H/b19-13-. The zero-order valence-corrected chi connectivity index (χ0v) is 16.9. The second-order valence-electron chi connectivity index (χ2n) is 6.28. The van der Waals surface area contributed by atoms with Crippen LogP contribution in [0, 0.1) is 0 Å². The van der Waals surface area contributed by atoms with Crippen molar-refractivity contribution >= 4 is 47.1 Å². The molecule has 0 unspecified atom stereocenters. The van der Waals surface area contributed by atoms with E-state index in [1.165, 1.54) is 6.08 Å². The summed E-state index contributed by atoms with van der Waals surface area (Å²) in [7, 11) is 0. The highest BCUT2D eigenvalue weighted by molar-refractivity contribution is 6.31. The van der Waals surface area contributed by atoms with Crippen LogP contribution >= 0.6 is 23.2 Å². The summed E-state index contributed by atoms with van der Waals surface area (Å²) in [4.78, 5) is 29.0. The molecule has 0 aromatic heterocycles. The summed E-state index contributed by atoms with van der Waals surface area (Å²) in [5, 5.41) is 1.08. The number of aliphatic imine (C=N–C) groups is 1. The minimum Gasteiger partial charge on any atom is -0.422 e. The third kappa shape index (κ3) is 4.43. The van der Waals surface area contributed by atoms with Crippen LogP contribution in [0.15, 0.2) is 83.5 Å². The summed E-state index contributed by atoms with van der Waals surface area (Å²) in [6.45, 7) is 0. The lowest BCUT2D eigenvalue weighted by molar-refractivity contribution is -0.129. The fourth-order valence-electron chi connectivity index (χ4n) is 2.71. The number of nitrogens with zero attached hydrogens (tertiary/aromatic N) is 1. The molecule has 7 heteroatoms. The Balaban J connectivity index is 1.61. The number of halogens is 2. The molecule has 0 aliphatic carbocycles. The van der Waals surface area contributed by atoms with Crippen LogP contribution in [0.5, 0.6) is 5.75 Å². The molecule has 4 rings (SSSR count). The third-order valence-electron chi connectivity index (χ3n) is 4.21. The summed E-state index contributed by atoms with van der Waals surface area (Å²) in [5.41, 5.74) is 1.58. The van der Waals surface area contributed by atoms with E-state index in [-0.39, 0.29) is 17.3 Å². The zero-order chi connectivity index (χ0) is 21.1. The van der Waals surface area contributed by atoms with Crippen molar-refractivity contribution in [3.8, 4) is 5.75 Å². The van der Waals surface area contributed by atoms with Crippen molar-refractivity contribution in [2.24, 2.45) is 4.99 Å². The van der Waals surface area contributed by atoms with Gasteiger partial charge in [0.05, 0.1) is 5.56 Å². The van der Waals surface area contributed by atoms with Crippen LogP contribution in [0.25, 0.3) is 6.08 Å². The highest BCUT2D eigenvalue weighted by Crippen LogP contribution is 2.26. The fraction of sp³-hybridized carbons (Fsp3) is 0. The maximum absolute atomic E-state index is 12.4. The second-order valence-corrected chi connectivity index (χ2v) is 7.15. The van der Waals surface area contributed by atoms with Crippen LogP contribution in [0.2, 0.25) is 10.0 Å². The van der Waals surface area contributed by atoms with Crippen molar-refractivity contribution in [2.75, 3.05) is 0 Å². The molecular weight excluding hydrogens is 425 g/mol. The van der Waals surface area contributed by atoms with Crippen molar-refractivity contribution in [3.05, 3.63) is 105 Å². The molecule has 3 aromatic carbocycles. The van der Waals surface area contributed by atoms with E-state index in [2.05, 4.69) is 4.99 Å². The Bertz CT molecular complexity index is 1180. The van der Waals surface area contributed by atoms with Crippen LogP contribution in [0.3, 0.4) is 0 Å². The topological polar surface area (TPSA) is 65.0 Å². The number of hydrogen-bond donors (Lipinski definition) is 0.